The minimum atomic E-state index is 0.245. The summed E-state index contributed by atoms with van der Waals surface area (Å²) in [4.78, 5) is 10.4. The molecule has 1 aliphatic rings. The molecule has 0 amide bonds. The predicted octanol–water partition coefficient (Wildman–Crippen LogP) is 1.30. The van der Waals surface area contributed by atoms with Gasteiger partial charge in [0.15, 0.2) is 12.0 Å². The zero-order valence-electron chi connectivity index (χ0n) is 7.32. The Bertz CT molecular complexity index is 290. The van der Waals surface area contributed by atoms with Crippen molar-refractivity contribution < 1.29 is 9.32 Å². The SMILES string of the molecule is O=Cc1cc(C2CCCCN2)on1. The molecule has 2 rings (SSSR count). The third kappa shape index (κ3) is 1.78. The molecule has 0 bridgehead atoms. The molecule has 0 spiro atoms. The molecule has 2 heterocycles. The van der Waals surface area contributed by atoms with Gasteiger partial charge in [0.25, 0.3) is 0 Å². The summed E-state index contributed by atoms with van der Waals surface area (Å²) in [5, 5.41) is 6.95. The number of hydrogen-bond donors (Lipinski definition) is 1. The first kappa shape index (κ1) is 8.44. The van der Waals surface area contributed by atoms with Crippen molar-refractivity contribution >= 4 is 6.29 Å². The minimum absolute atomic E-state index is 0.245. The summed E-state index contributed by atoms with van der Waals surface area (Å²) in [6, 6.07) is 1.95. The first-order valence-corrected chi connectivity index (χ1v) is 4.55. The van der Waals surface area contributed by atoms with E-state index in [2.05, 4.69) is 10.5 Å². The van der Waals surface area contributed by atoms with Gasteiger partial charge in [-0.25, -0.2) is 0 Å². The zero-order chi connectivity index (χ0) is 9.10. The number of carbonyl (C=O) groups excluding carboxylic acids is 1. The normalized spacial score (nSPS) is 22.9. The molecule has 0 aliphatic carbocycles. The molecule has 1 atom stereocenters. The first-order chi connectivity index (χ1) is 6.40. The summed E-state index contributed by atoms with van der Waals surface area (Å²) in [6.07, 6.45) is 4.18. The van der Waals surface area contributed by atoms with Crippen LogP contribution in [0.1, 0.15) is 41.6 Å². The molecule has 1 aliphatic heterocycles. The van der Waals surface area contributed by atoms with Crippen molar-refractivity contribution in [2.75, 3.05) is 6.54 Å². The fraction of sp³-hybridized carbons (Fsp3) is 0.556. The molecule has 1 saturated heterocycles. The Kier molecular flexibility index (Phi) is 2.40. The lowest BCUT2D eigenvalue weighted by Gasteiger charge is -2.20. The van der Waals surface area contributed by atoms with Crippen LogP contribution in [0.4, 0.5) is 0 Å². The van der Waals surface area contributed by atoms with Gasteiger partial charge in [0, 0.05) is 6.07 Å². The molecule has 1 aromatic heterocycles. The van der Waals surface area contributed by atoms with E-state index in [1.54, 1.807) is 6.07 Å². The molecule has 1 N–H and O–H groups in total. The minimum Gasteiger partial charge on any atom is -0.359 e. The van der Waals surface area contributed by atoms with Gasteiger partial charge in [-0.1, -0.05) is 11.6 Å². The highest BCUT2D eigenvalue weighted by Gasteiger charge is 2.18. The Morgan fingerprint density at radius 1 is 1.62 bits per heavy atom. The molecule has 0 aromatic carbocycles. The van der Waals surface area contributed by atoms with E-state index >= 15 is 0 Å². The van der Waals surface area contributed by atoms with E-state index in [4.69, 9.17) is 4.52 Å². The van der Waals surface area contributed by atoms with E-state index in [0.717, 1.165) is 18.7 Å². The maximum Gasteiger partial charge on any atom is 0.171 e. The number of carbonyl (C=O) groups is 1. The van der Waals surface area contributed by atoms with E-state index in [0.29, 0.717) is 12.0 Å². The van der Waals surface area contributed by atoms with Gasteiger partial charge in [0.1, 0.15) is 5.69 Å². The molecule has 1 unspecified atom stereocenters. The highest BCUT2D eigenvalue weighted by atomic mass is 16.5. The number of aromatic nitrogens is 1. The lowest BCUT2D eigenvalue weighted by molar-refractivity contribution is 0.111. The van der Waals surface area contributed by atoms with E-state index in [9.17, 15) is 4.79 Å². The van der Waals surface area contributed by atoms with Crippen LogP contribution in [0, 0.1) is 0 Å². The summed E-state index contributed by atoms with van der Waals surface area (Å²) in [5.41, 5.74) is 0.377. The van der Waals surface area contributed by atoms with Crippen LogP contribution >= 0.6 is 0 Å². The molecule has 1 fully saturated rings. The monoisotopic (exact) mass is 180 g/mol. The third-order valence-electron chi connectivity index (χ3n) is 2.32. The van der Waals surface area contributed by atoms with Gasteiger partial charge >= 0.3 is 0 Å². The van der Waals surface area contributed by atoms with E-state index in [1.165, 1.54) is 12.8 Å². The van der Waals surface area contributed by atoms with Crippen molar-refractivity contribution in [3.8, 4) is 0 Å². The van der Waals surface area contributed by atoms with E-state index in [-0.39, 0.29) is 6.04 Å². The molecule has 70 valence electrons. The zero-order valence-corrected chi connectivity index (χ0v) is 7.32. The average molecular weight is 180 g/mol. The van der Waals surface area contributed by atoms with Crippen LogP contribution in [-0.2, 0) is 0 Å². The summed E-state index contributed by atoms with van der Waals surface area (Å²) in [5.74, 6) is 0.779. The summed E-state index contributed by atoms with van der Waals surface area (Å²) in [7, 11) is 0. The maximum absolute atomic E-state index is 10.4. The van der Waals surface area contributed by atoms with Crippen molar-refractivity contribution in [1.82, 2.24) is 10.5 Å². The number of nitrogens with zero attached hydrogens (tertiary/aromatic N) is 1. The van der Waals surface area contributed by atoms with E-state index < -0.39 is 0 Å². The summed E-state index contributed by atoms with van der Waals surface area (Å²) < 4.78 is 5.05. The second-order valence-corrected chi connectivity index (χ2v) is 3.27. The third-order valence-corrected chi connectivity index (χ3v) is 2.32. The second kappa shape index (κ2) is 3.70. The molecular weight excluding hydrogens is 168 g/mol. The second-order valence-electron chi connectivity index (χ2n) is 3.27. The number of rotatable bonds is 2. The van der Waals surface area contributed by atoms with Crippen LogP contribution in [0.5, 0.6) is 0 Å². The Morgan fingerprint density at radius 2 is 2.54 bits per heavy atom. The standard InChI is InChI=1S/C9H12N2O2/c12-6-7-5-9(13-11-7)8-3-1-2-4-10-8/h5-6,8,10H,1-4H2. The fourth-order valence-electron chi connectivity index (χ4n) is 1.62. The van der Waals surface area contributed by atoms with Gasteiger partial charge in [0.2, 0.25) is 0 Å². The Morgan fingerprint density at radius 3 is 3.15 bits per heavy atom. The van der Waals surface area contributed by atoms with Gasteiger partial charge in [-0.3, -0.25) is 4.79 Å². The van der Waals surface area contributed by atoms with Crippen molar-refractivity contribution in [1.29, 1.82) is 0 Å². The van der Waals surface area contributed by atoms with E-state index in [1.807, 2.05) is 0 Å². The molecule has 4 heteroatoms. The Labute approximate surface area is 76.3 Å². The van der Waals surface area contributed by atoms with Crippen LogP contribution in [0.25, 0.3) is 0 Å². The Balaban J connectivity index is 2.09. The smallest absolute Gasteiger partial charge is 0.171 e. The van der Waals surface area contributed by atoms with Crippen LogP contribution in [0.2, 0.25) is 0 Å². The van der Waals surface area contributed by atoms with Crippen molar-refractivity contribution in [3.63, 3.8) is 0 Å². The Hall–Kier alpha value is -1.16. The van der Waals surface area contributed by atoms with Gasteiger partial charge in [0.05, 0.1) is 6.04 Å². The molecule has 1 aromatic rings. The largest absolute Gasteiger partial charge is 0.359 e. The molecule has 0 saturated carbocycles. The van der Waals surface area contributed by atoms with Crippen LogP contribution in [0.3, 0.4) is 0 Å². The fourth-order valence-corrected chi connectivity index (χ4v) is 1.62. The topological polar surface area (TPSA) is 55.1 Å². The predicted molar refractivity (Wildman–Crippen MR) is 46.5 cm³/mol. The highest BCUT2D eigenvalue weighted by molar-refractivity contribution is 5.71. The van der Waals surface area contributed by atoms with Crippen molar-refractivity contribution in [2.24, 2.45) is 0 Å². The van der Waals surface area contributed by atoms with Crippen LogP contribution < -0.4 is 5.32 Å². The first-order valence-electron chi connectivity index (χ1n) is 4.55. The van der Waals surface area contributed by atoms with Crippen molar-refractivity contribution in [2.45, 2.75) is 25.3 Å². The number of hydrogen-bond acceptors (Lipinski definition) is 4. The average Bonchev–Trinajstić information content (AvgIpc) is 2.67. The molecule has 4 nitrogen and oxygen atoms in total. The van der Waals surface area contributed by atoms with Crippen LogP contribution in [0.15, 0.2) is 10.6 Å². The molecular formula is C9H12N2O2. The number of nitrogens with one attached hydrogen (secondary N) is 1. The number of piperidine rings is 1. The van der Waals surface area contributed by atoms with Gasteiger partial charge in [-0.05, 0) is 19.4 Å². The molecule has 13 heavy (non-hydrogen) atoms. The van der Waals surface area contributed by atoms with Gasteiger partial charge in [-0.2, -0.15) is 0 Å². The summed E-state index contributed by atoms with van der Waals surface area (Å²) >= 11 is 0. The van der Waals surface area contributed by atoms with Crippen LogP contribution in [-0.4, -0.2) is 18.0 Å². The number of aldehydes is 1. The summed E-state index contributed by atoms with van der Waals surface area (Å²) in [6.45, 7) is 1.02. The van der Waals surface area contributed by atoms with Gasteiger partial charge in [-0.15, -0.1) is 0 Å². The van der Waals surface area contributed by atoms with Gasteiger partial charge < -0.3 is 9.84 Å². The lowest BCUT2D eigenvalue weighted by atomic mass is 10.0. The highest BCUT2D eigenvalue weighted by Crippen LogP contribution is 2.22. The maximum atomic E-state index is 10.4. The van der Waals surface area contributed by atoms with Crippen molar-refractivity contribution in [3.05, 3.63) is 17.5 Å². The lowest BCUT2D eigenvalue weighted by Crippen LogP contribution is -2.26. The quantitative estimate of drug-likeness (QED) is 0.697. The molecule has 0 radical (unpaired) electrons.